The Labute approximate surface area is 128 Å². The number of nitrogens with one attached hydrogen (secondary N) is 1. The molecule has 0 unspecified atom stereocenters. The van der Waals surface area contributed by atoms with E-state index in [2.05, 4.69) is 4.72 Å². The summed E-state index contributed by atoms with van der Waals surface area (Å²) in [4.78, 5) is 11.2. The number of carboxylic acids is 1. The Hall–Kier alpha value is -2.38. The van der Waals surface area contributed by atoms with Crippen molar-refractivity contribution in [1.29, 1.82) is 0 Å². The summed E-state index contributed by atoms with van der Waals surface area (Å²) in [5.41, 5.74) is 0.291. The average molecular weight is 320 g/mol. The first-order chi connectivity index (χ1) is 10.4. The summed E-state index contributed by atoms with van der Waals surface area (Å²) in [6, 6.07) is 12.1. The number of carbonyl (C=O) groups excluding carboxylic acids is 1. The van der Waals surface area contributed by atoms with Gasteiger partial charge in [0.1, 0.15) is 5.75 Å². The van der Waals surface area contributed by atoms with Gasteiger partial charge in [0.05, 0.1) is 24.0 Å². The number of aliphatic carboxylic acids is 1. The van der Waals surface area contributed by atoms with E-state index in [4.69, 9.17) is 4.74 Å². The van der Waals surface area contributed by atoms with Crippen LogP contribution in [-0.2, 0) is 14.8 Å². The fraction of sp³-hybridized carbons (Fsp3) is 0.133. The Morgan fingerprint density at radius 1 is 1.09 bits per heavy atom. The van der Waals surface area contributed by atoms with E-state index in [-0.39, 0.29) is 4.90 Å². The molecule has 0 amide bonds. The molecule has 0 saturated heterocycles. The van der Waals surface area contributed by atoms with Crippen LogP contribution >= 0.6 is 0 Å². The topological polar surface area (TPSA) is 95.5 Å². The molecule has 1 N–H and O–H groups in total. The molecule has 2 rings (SSSR count). The molecule has 6 nitrogen and oxygen atoms in total. The second kappa shape index (κ2) is 6.59. The van der Waals surface area contributed by atoms with Gasteiger partial charge in [-0.1, -0.05) is 30.3 Å². The van der Waals surface area contributed by atoms with Crippen LogP contribution in [-0.4, -0.2) is 21.5 Å². The van der Waals surface area contributed by atoms with E-state index in [9.17, 15) is 18.3 Å². The Kier molecular flexibility index (Phi) is 4.79. The van der Waals surface area contributed by atoms with Gasteiger partial charge in [0.2, 0.25) is 10.0 Å². The third-order valence-corrected chi connectivity index (χ3v) is 4.45. The van der Waals surface area contributed by atoms with Crippen molar-refractivity contribution >= 4 is 16.0 Å². The van der Waals surface area contributed by atoms with Crippen molar-refractivity contribution in [2.45, 2.75) is 10.9 Å². The highest BCUT2D eigenvalue weighted by atomic mass is 32.2. The molecule has 116 valence electrons. The molecule has 0 aliphatic carbocycles. The first-order valence-electron chi connectivity index (χ1n) is 6.36. The highest BCUT2D eigenvalue weighted by molar-refractivity contribution is 7.89. The summed E-state index contributed by atoms with van der Waals surface area (Å²) >= 11 is 0. The highest BCUT2D eigenvalue weighted by Gasteiger charge is 2.22. The number of ether oxygens (including phenoxy) is 1. The zero-order chi connectivity index (χ0) is 16.2. The van der Waals surface area contributed by atoms with Crippen LogP contribution in [0.4, 0.5) is 0 Å². The van der Waals surface area contributed by atoms with E-state index in [0.717, 1.165) is 0 Å². The zero-order valence-corrected chi connectivity index (χ0v) is 12.5. The van der Waals surface area contributed by atoms with Gasteiger partial charge in [-0.15, -0.1) is 0 Å². The first kappa shape index (κ1) is 16.0. The number of carboxylic acid groups (broad SMARTS) is 1. The lowest BCUT2D eigenvalue weighted by molar-refractivity contribution is -0.308. The Morgan fingerprint density at radius 3 is 2.18 bits per heavy atom. The van der Waals surface area contributed by atoms with Gasteiger partial charge in [0.15, 0.2) is 0 Å². The van der Waals surface area contributed by atoms with Crippen LogP contribution < -0.4 is 14.6 Å². The molecule has 0 saturated carbocycles. The maximum Gasteiger partial charge on any atom is 0.241 e. The lowest BCUT2D eigenvalue weighted by atomic mass is 10.1. The van der Waals surface area contributed by atoms with Gasteiger partial charge in [-0.25, -0.2) is 8.42 Å². The summed E-state index contributed by atoms with van der Waals surface area (Å²) in [6.07, 6.45) is 0. The van der Waals surface area contributed by atoms with Crippen molar-refractivity contribution in [3.05, 3.63) is 60.2 Å². The molecule has 0 aliphatic rings. The first-order valence-corrected chi connectivity index (χ1v) is 7.84. The number of carbonyl (C=O) groups is 1. The number of methoxy groups -OCH3 is 1. The molecule has 0 radical (unpaired) electrons. The van der Waals surface area contributed by atoms with Gasteiger partial charge in [-0.2, -0.15) is 4.72 Å². The lowest BCUT2D eigenvalue weighted by Crippen LogP contribution is -2.41. The van der Waals surface area contributed by atoms with Crippen molar-refractivity contribution in [3.8, 4) is 5.75 Å². The standard InChI is InChI=1S/C15H15NO5S/c1-21-12-7-9-13(10-8-12)22(19,20)16-14(15(17)18)11-5-3-2-4-6-11/h2-10,14,16H,1H3,(H,17,18)/p-1/t14-/m1/s1. The van der Waals surface area contributed by atoms with E-state index < -0.39 is 22.0 Å². The third-order valence-electron chi connectivity index (χ3n) is 3.01. The quantitative estimate of drug-likeness (QED) is 0.834. The van der Waals surface area contributed by atoms with E-state index in [1.54, 1.807) is 18.2 Å². The molecule has 0 aromatic heterocycles. The summed E-state index contributed by atoms with van der Waals surface area (Å²) in [5.74, 6) is -1.03. The van der Waals surface area contributed by atoms with Gasteiger partial charge >= 0.3 is 0 Å². The molecule has 0 bridgehead atoms. The predicted octanol–water partition coefficient (Wildman–Crippen LogP) is 0.465. The molecule has 0 spiro atoms. The summed E-state index contributed by atoms with van der Waals surface area (Å²) in [5, 5.41) is 11.3. The molecule has 22 heavy (non-hydrogen) atoms. The summed E-state index contributed by atoms with van der Waals surface area (Å²) < 4.78 is 31.6. The SMILES string of the molecule is COc1ccc(S(=O)(=O)N[C@@H](C(=O)[O-])c2ccccc2)cc1. The number of sulfonamides is 1. The van der Waals surface area contributed by atoms with Crippen LogP contribution in [0.2, 0.25) is 0 Å². The Morgan fingerprint density at radius 2 is 1.68 bits per heavy atom. The van der Waals surface area contributed by atoms with E-state index in [1.807, 2.05) is 0 Å². The zero-order valence-electron chi connectivity index (χ0n) is 11.7. The van der Waals surface area contributed by atoms with Crippen LogP contribution in [0.15, 0.2) is 59.5 Å². The third kappa shape index (κ3) is 3.63. The van der Waals surface area contributed by atoms with Gasteiger partial charge in [0.25, 0.3) is 0 Å². The maximum absolute atomic E-state index is 12.3. The number of benzene rings is 2. The van der Waals surface area contributed by atoms with Crippen molar-refractivity contribution < 1.29 is 23.1 Å². The van der Waals surface area contributed by atoms with Crippen LogP contribution in [0.1, 0.15) is 11.6 Å². The maximum atomic E-state index is 12.3. The molecule has 0 fully saturated rings. The van der Waals surface area contributed by atoms with Crippen LogP contribution in [0.25, 0.3) is 0 Å². The minimum atomic E-state index is -4.00. The van der Waals surface area contributed by atoms with E-state index in [1.165, 1.54) is 43.5 Å². The van der Waals surface area contributed by atoms with Crippen molar-refractivity contribution in [3.63, 3.8) is 0 Å². The second-order valence-corrected chi connectivity index (χ2v) is 6.17. The Balaban J connectivity index is 2.30. The number of hydrogen-bond acceptors (Lipinski definition) is 5. The molecule has 0 heterocycles. The normalized spacial score (nSPS) is 12.6. The second-order valence-electron chi connectivity index (χ2n) is 4.46. The lowest BCUT2D eigenvalue weighted by Gasteiger charge is -2.20. The molecule has 0 aliphatic heterocycles. The largest absolute Gasteiger partial charge is 0.548 e. The molecular weight excluding hydrogens is 306 g/mol. The fourth-order valence-electron chi connectivity index (χ4n) is 1.88. The van der Waals surface area contributed by atoms with Gasteiger partial charge < -0.3 is 14.6 Å². The van der Waals surface area contributed by atoms with Crippen molar-refractivity contribution in [1.82, 2.24) is 4.72 Å². The van der Waals surface area contributed by atoms with Gasteiger partial charge in [0, 0.05) is 0 Å². The molecule has 7 heteroatoms. The minimum absolute atomic E-state index is 0.0597. The van der Waals surface area contributed by atoms with E-state index in [0.29, 0.717) is 11.3 Å². The number of hydrogen-bond donors (Lipinski definition) is 1. The van der Waals surface area contributed by atoms with Crippen LogP contribution in [0.5, 0.6) is 5.75 Å². The molecule has 2 aromatic rings. The van der Waals surface area contributed by atoms with Crippen LogP contribution in [0.3, 0.4) is 0 Å². The predicted molar refractivity (Wildman–Crippen MR) is 77.5 cm³/mol. The van der Waals surface area contributed by atoms with Gasteiger partial charge in [-0.3, -0.25) is 0 Å². The molecular formula is C15H14NO5S-. The summed E-state index contributed by atoms with van der Waals surface area (Å²) in [6.45, 7) is 0. The van der Waals surface area contributed by atoms with Gasteiger partial charge in [-0.05, 0) is 29.8 Å². The average Bonchev–Trinajstić information content (AvgIpc) is 2.53. The fourth-order valence-corrected chi connectivity index (χ4v) is 3.05. The molecule has 2 aromatic carbocycles. The summed E-state index contributed by atoms with van der Waals surface area (Å²) in [7, 11) is -2.54. The van der Waals surface area contributed by atoms with Crippen LogP contribution in [0, 0.1) is 0 Å². The molecule has 1 atom stereocenters. The highest BCUT2D eigenvalue weighted by Crippen LogP contribution is 2.19. The van der Waals surface area contributed by atoms with Crippen molar-refractivity contribution in [2.24, 2.45) is 0 Å². The van der Waals surface area contributed by atoms with Crippen molar-refractivity contribution in [2.75, 3.05) is 7.11 Å². The minimum Gasteiger partial charge on any atom is -0.548 e. The number of rotatable bonds is 6. The van der Waals surface area contributed by atoms with E-state index >= 15 is 0 Å². The smallest absolute Gasteiger partial charge is 0.241 e. The Bertz CT molecular complexity index is 741. The monoisotopic (exact) mass is 320 g/mol.